The van der Waals surface area contributed by atoms with Crippen LogP contribution < -0.4 is 5.32 Å². The highest BCUT2D eigenvalue weighted by atomic mass is 16.5. The lowest BCUT2D eigenvalue weighted by Crippen LogP contribution is -2.40. The van der Waals surface area contributed by atoms with Crippen molar-refractivity contribution in [3.8, 4) is 0 Å². The highest BCUT2D eigenvalue weighted by molar-refractivity contribution is 6.03. The molecule has 1 N–H and O–H groups in total. The second-order valence-corrected chi connectivity index (χ2v) is 10.4. The van der Waals surface area contributed by atoms with Crippen LogP contribution in [0.4, 0.5) is 5.69 Å². The van der Waals surface area contributed by atoms with E-state index in [0.29, 0.717) is 12.5 Å². The van der Waals surface area contributed by atoms with Crippen LogP contribution >= 0.6 is 0 Å². The Hall–Kier alpha value is -2.95. The van der Waals surface area contributed by atoms with Gasteiger partial charge in [0.25, 0.3) is 0 Å². The van der Waals surface area contributed by atoms with Crippen molar-refractivity contribution < 1.29 is 9.53 Å². The van der Waals surface area contributed by atoms with E-state index in [-0.39, 0.29) is 17.2 Å². The van der Waals surface area contributed by atoms with Crippen LogP contribution in [-0.2, 0) is 21.6 Å². The van der Waals surface area contributed by atoms with E-state index in [1.807, 2.05) is 12.1 Å². The van der Waals surface area contributed by atoms with Gasteiger partial charge in [0.1, 0.15) is 0 Å². The number of nitrogens with one attached hydrogen (secondary N) is 1. The molecule has 1 fully saturated rings. The van der Waals surface area contributed by atoms with E-state index in [1.165, 1.54) is 22.3 Å². The monoisotopic (exact) mass is 466 g/mol. The van der Waals surface area contributed by atoms with E-state index >= 15 is 0 Å². The zero-order valence-corrected chi connectivity index (χ0v) is 20.3. The van der Waals surface area contributed by atoms with Gasteiger partial charge >= 0.3 is 0 Å². The van der Waals surface area contributed by atoms with Crippen LogP contribution in [0.2, 0.25) is 0 Å². The number of hydrogen-bond donors (Lipinski definition) is 1. The van der Waals surface area contributed by atoms with Crippen LogP contribution in [-0.4, -0.2) is 37.0 Å². The van der Waals surface area contributed by atoms with Gasteiger partial charge in [-0.1, -0.05) is 72.8 Å². The van der Waals surface area contributed by atoms with Gasteiger partial charge in [0.2, 0.25) is 5.91 Å². The van der Waals surface area contributed by atoms with Crippen LogP contribution in [0.5, 0.6) is 0 Å². The molecule has 0 radical (unpaired) electrons. The molecule has 4 heteroatoms. The number of hydrogen-bond acceptors (Lipinski definition) is 3. The lowest BCUT2D eigenvalue weighted by molar-refractivity contribution is -0.118. The second kappa shape index (κ2) is 9.60. The van der Waals surface area contributed by atoms with Gasteiger partial charge in [-0.05, 0) is 79.6 Å². The van der Waals surface area contributed by atoms with E-state index in [1.54, 1.807) is 0 Å². The van der Waals surface area contributed by atoms with Crippen molar-refractivity contribution in [3.63, 3.8) is 0 Å². The molecule has 180 valence electrons. The summed E-state index contributed by atoms with van der Waals surface area (Å²) in [6, 6.07) is 27.9. The third-order valence-corrected chi connectivity index (χ3v) is 8.48. The molecular formula is C31H34N2O2. The minimum absolute atomic E-state index is 0.0191. The molecule has 0 spiro atoms. The quantitative estimate of drug-likeness (QED) is 0.504. The van der Waals surface area contributed by atoms with Gasteiger partial charge in [0.15, 0.2) is 0 Å². The Morgan fingerprint density at radius 2 is 1.66 bits per heavy atom. The molecule has 6 rings (SSSR count). The number of likely N-dealkylation sites (tertiary alicyclic amines) is 1. The van der Waals surface area contributed by atoms with Gasteiger partial charge in [0, 0.05) is 11.1 Å². The number of piperidine rings is 1. The molecule has 2 unspecified atom stereocenters. The van der Waals surface area contributed by atoms with Gasteiger partial charge in [-0.25, -0.2) is 0 Å². The predicted octanol–water partition coefficient (Wildman–Crippen LogP) is 5.73. The Kier molecular flexibility index (Phi) is 6.17. The van der Waals surface area contributed by atoms with Crippen LogP contribution in [0, 0.1) is 5.92 Å². The normalized spacial score (nSPS) is 24.6. The van der Waals surface area contributed by atoms with E-state index in [2.05, 4.69) is 76.9 Å². The third kappa shape index (κ3) is 4.19. The highest BCUT2D eigenvalue weighted by Crippen LogP contribution is 2.43. The second-order valence-electron chi connectivity index (χ2n) is 10.4. The first-order chi connectivity index (χ1) is 17.2. The number of nitrogens with zero attached hydrogens (tertiary/aromatic N) is 1. The standard InChI is InChI=1S/C31H34N2O2/c34-30-29(26-12-5-7-14-28(26)32-30)23-15-19-33(20-16-23)18-8-17-31(25-10-2-1-3-11-25)22-35-21-24-9-4-6-13-27(24)31/h1-7,9-14,23,29H,8,15-22H2,(H,32,34). The van der Waals surface area contributed by atoms with E-state index in [0.717, 1.165) is 57.6 Å². The van der Waals surface area contributed by atoms with Crippen LogP contribution in [0.25, 0.3) is 0 Å². The molecule has 1 saturated heterocycles. The maximum Gasteiger partial charge on any atom is 0.232 e. The van der Waals surface area contributed by atoms with Crippen LogP contribution in [0.3, 0.4) is 0 Å². The lowest BCUT2D eigenvalue weighted by Gasteiger charge is -2.40. The van der Waals surface area contributed by atoms with Crippen molar-refractivity contribution in [1.29, 1.82) is 0 Å². The van der Waals surface area contributed by atoms with Crippen LogP contribution in [0.1, 0.15) is 53.9 Å². The van der Waals surface area contributed by atoms with Crippen molar-refractivity contribution in [2.75, 3.05) is 31.6 Å². The Morgan fingerprint density at radius 1 is 0.914 bits per heavy atom. The fraction of sp³-hybridized carbons (Fsp3) is 0.387. The molecule has 3 aliphatic rings. The minimum Gasteiger partial charge on any atom is -0.375 e. The Morgan fingerprint density at radius 3 is 2.51 bits per heavy atom. The Balaban J connectivity index is 1.11. The van der Waals surface area contributed by atoms with Crippen molar-refractivity contribution in [2.45, 2.75) is 43.6 Å². The molecule has 0 aromatic heterocycles. The number of carbonyl (C=O) groups excluding carboxylic acids is 1. The van der Waals surface area contributed by atoms with E-state index in [4.69, 9.17) is 4.74 Å². The number of para-hydroxylation sites is 1. The predicted molar refractivity (Wildman–Crippen MR) is 140 cm³/mol. The summed E-state index contributed by atoms with van der Waals surface area (Å²) < 4.78 is 6.17. The average Bonchev–Trinajstić information content (AvgIpc) is 3.25. The zero-order valence-electron chi connectivity index (χ0n) is 20.3. The molecule has 3 aromatic rings. The summed E-state index contributed by atoms with van der Waals surface area (Å²) in [6.07, 6.45) is 4.38. The Labute approximate surface area is 208 Å². The van der Waals surface area contributed by atoms with Crippen molar-refractivity contribution in [3.05, 3.63) is 101 Å². The first kappa shape index (κ1) is 22.5. The summed E-state index contributed by atoms with van der Waals surface area (Å²) in [4.78, 5) is 15.3. The summed E-state index contributed by atoms with van der Waals surface area (Å²) >= 11 is 0. The lowest BCUT2D eigenvalue weighted by atomic mass is 9.69. The largest absolute Gasteiger partial charge is 0.375 e. The Bertz CT molecular complexity index is 1190. The van der Waals surface area contributed by atoms with Crippen LogP contribution in [0.15, 0.2) is 78.9 Å². The molecule has 35 heavy (non-hydrogen) atoms. The number of amides is 1. The molecular weight excluding hydrogens is 432 g/mol. The summed E-state index contributed by atoms with van der Waals surface area (Å²) in [5.74, 6) is 0.639. The summed E-state index contributed by atoms with van der Waals surface area (Å²) in [7, 11) is 0. The highest BCUT2D eigenvalue weighted by Gasteiger charge is 2.40. The molecule has 4 nitrogen and oxygen atoms in total. The maximum atomic E-state index is 12.7. The zero-order chi connectivity index (χ0) is 23.7. The molecule has 1 amide bonds. The van der Waals surface area contributed by atoms with Gasteiger partial charge in [0.05, 0.1) is 19.1 Å². The number of carbonyl (C=O) groups is 1. The number of fused-ring (bicyclic) bond motifs is 2. The fourth-order valence-corrected chi connectivity index (χ4v) is 6.69. The van der Waals surface area contributed by atoms with Gasteiger partial charge < -0.3 is 15.0 Å². The topological polar surface area (TPSA) is 41.6 Å². The molecule has 3 heterocycles. The smallest absolute Gasteiger partial charge is 0.232 e. The first-order valence-electron chi connectivity index (χ1n) is 13.1. The first-order valence-corrected chi connectivity index (χ1v) is 13.1. The molecule has 0 aliphatic carbocycles. The molecule has 3 aliphatic heterocycles. The third-order valence-electron chi connectivity index (χ3n) is 8.48. The molecule has 3 aromatic carbocycles. The summed E-state index contributed by atoms with van der Waals surface area (Å²) in [6.45, 7) is 4.68. The van der Waals surface area contributed by atoms with Gasteiger partial charge in [-0.2, -0.15) is 0 Å². The minimum atomic E-state index is -0.0833. The fourth-order valence-electron chi connectivity index (χ4n) is 6.69. The van der Waals surface area contributed by atoms with Gasteiger partial charge in [-0.3, -0.25) is 4.79 Å². The maximum absolute atomic E-state index is 12.7. The average molecular weight is 467 g/mol. The number of rotatable bonds is 6. The van der Waals surface area contributed by atoms with Crippen molar-refractivity contribution in [2.24, 2.45) is 5.92 Å². The van der Waals surface area contributed by atoms with Gasteiger partial charge in [-0.15, -0.1) is 0 Å². The summed E-state index contributed by atoms with van der Waals surface area (Å²) in [5.41, 5.74) is 6.22. The van der Waals surface area contributed by atoms with E-state index in [9.17, 15) is 4.79 Å². The number of anilines is 1. The molecule has 2 atom stereocenters. The summed E-state index contributed by atoms with van der Waals surface area (Å²) in [5, 5.41) is 3.09. The molecule has 0 saturated carbocycles. The van der Waals surface area contributed by atoms with Crippen molar-refractivity contribution in [1.82, 2.24) is 4.90 Å². The number of ether oxygens (including phenoxy) is 1. The SMILES string of the molecule is O=C1Nc2ccccc2C1C1CCN(CCCC2(c3ccccc3)COCc3ccccc32)CC1. The van der Waals surface area contributed by atoms with Crippen molar-refractivity contribution >= 4 is 11.6 Å². The molecule has 0 bridgehead atoms. The van der Waals surface area contributed by atoms with E-state index < -0.39 is 0 Å². The number of benzene rings is 3.